The first-order valence-electron chi connectivity index (χ1n) is 6.30. The molecule has 18 heavy (non-hydrogen) atoms. The summed E-state index contributed by atoms with van der Waals surface area (Å²) >= 11 is 1.65. The second-order valence-electron chi connectivity index (χ2n) is 4.92. The van der Waals surface area contributed by atoms with Gasteiger partial charge in [-0.15, -0.1) is 11.3 Å². The molecule has 0 aliphatic heterocycles. The van der Waals surface area contributed by atoms with E-state index in [9.17, 15) is 4.79 Å². The van der Waals surface area contributed by atoms with E-state index in [0.717, 1.165) is 17.5 Å². The fraction of sp³-hybridized carbons (Fsp3) is 0.400. The van der Waals surface area contributed by atoms with Crippen molar-refractivity contribution in [3.8, 4) is 0 Å². The number of ketones is 1. The summed E-state index contributed by atoms with van der Waals surface area (Å²) < 4.78 is 1.19. The van der Waals surface area contributed by atoms with Gasteiger partial charge in [-0.2, -0.15) is 0 Å². The summed E-state index contributed by atoms with van der Waals surface area (Å²) in [6.45, 7) is 4.95. The lowest BCUT2D eigenvalue weighted by Gasteiger charge is -2.18. The normalized spacial score (nSPS) is 13.1. The number of rotatable bonds is 5. The second-order valence-corrected chi connectivity index (χ2v) is 5.83. The number of benzene rings is 1. The summed E-state index contributed by atoms with van der Waals surface area (Å²) in [6.07, 6.45) is 0. The van der Waals surface area contributed by atoms with Gasteiger partial charge < -0.3 is 5.32 Å². The topological polar surface area (TPSA) is 29.1 Å². The summed E-state index contributed by atoms with van der Waals surface area (Å²) in [5.74, 6) is 0.661. The third-order valence-corrected chi connectivity index (χ3v) is 4.28. The molecular formula is C15H19NOS. The van der Waals surface area contributed by atoms with Gasteiger partial charge in [0.1, 0.15) is 0 Å². The van der Waals surface area contributed by atoms with E-state index >= 15 is 0 Å². The lowest BCUT2D eigenvalue weighted by molar-refractivity contribution is 0.0888. The van der Waals surface area contributed by atoms with Crippen LogP contribution in [0.1, 0.15) is 24.2 Å². The minimum atomic E-state index is 0.0491. The van der Waals surface area contributed by atoms with Crippen molar-refractivity contribution in [1.29, 1.82) is 0 Å². The van der Waals surface area contributed by atoms with Crippen LogP contribution in [-0.4, -0.2) is 19.4 Å². The van der Waals surface area contributed by atoms with Crippen molar-refractivity contribution in [1.82, 2.24) is 5.32 Å². The first-order valence-corrected chi connectivity index (χ1v) is 7.18. The number of hydrogen-bond acceptors (Lipinski definition) is 3. The smallest absolute Gasteiger partial charge is 0.168 e. The number of nitrogens with one attached hydrogen (secondary N) is 1. The van der Waals surface area contributed by atoms with Gasteiger partial charge in [0, 0.05) is 33.5 Å². The summed E-state index contributed by atoms with van der Waals surface area (Å²) in [7, 11) is 1.90. The average Bonchev–Trinajstić information content (AvgIpc) is 2.78. The van der Waals surface area contributed by atoms with Gasteiger partial charge in [-0.25, -0.2) is 0 Å². The van der Waals surface area contributed by atoms with Gasteiger partial charge in [0.15, 0.2) is 5.78 Å². The Morgan fingerprint density at radius 2 is 2.06 bits per heavy atom. The number of fused-ring (bicyclic) bond motifs is 1. The van der Waals surface area contributed by atoms with Crippen LogP contribution < -0.4 is 5.32 Å². The molecule has 1 N–H and O–H groups in total. The zero-order chi connectivity index (χ0) is 13.1. The van der Waals surface area contributed by atoms with Crippen molar-refractivity contribution < 1.29 is 4.79 Å². The Balaban J connectivity index is 2.38. The van der Waals surface area contributed by atoms with Gasteiger partial charge in [0.05, 0.1) is 0 Å². The summed E-state index contributed by atoms with van der Waals surface area (Å²) in [5.41, 5.74) is 0.879. The van der Waals surface area contributed by atoms with Crippen LogP contribution in [0.3, 0.4) is 0 Å². The molecule has 0 bridgehead atoms. The van der Waals surface area contributed by atoms with E-state index in [1.54, 1.807) is 11.3 Å². The minimum Gasteiger partial charge on any atom is -0.319 e. The maximum Gasteiger partial charge on any atom is 0.168 e. The van der Waals surface area contributed by atoms with Crippen molar-refractivity contribution in [2.45, 2.75) is 13.8 Å². The standard InChI is InChI=1S/C15H19NOS/c1-10(2)12(8-16-3)15(17)13-9-18-14-7-5-4-6-11(13)14/h4-7,9-10,12,16H,8H2,1-3H3. The molecular weight excluding hydrogens is 242 g/mol. The molecule has 0 aliphatic rings. The molecule has 2 rings (SSSR count). The molecule has 2 nitrogen and oxygen atoms in total. The monoisotopic (exact) mass is 261 g/mol. The van der Waals surface area contributed by atoms with Gasteiger partial charge in [-0.3, -0.25) is 4.79 Å². The van der Waals surface area contributed by atoms with Gasteiger partial charge >= 0.3 is 0 Å². The maximum atomic E-state index is 12.6. The van der Waals surface area contributed by atoms with Gasteiger partial charge in [-0.1, -0.05) is 32.0 Å². The van der Waals surface area contributed by atoms with Crippen molar-refractivity contribution in [3.05, 3.63) is 35.2 Å². The summed E-state index contributed by atoms with van der Waals surface area (Å²) in [4.78, 5) is 12.6. The molecule has 1 unspecified atom stereocenters. The molecule has 0 spiro atoms. The average molecular weight is 261 g/mol. The highest BCUT2D eigenvalue weighted by atomic mass is 32.1. The third kappa shape index (κ3) is 2.47. The summed E-state index contributed by atoms with van der Waals surface area (Å²) in [6, 6.07) is 8.12. The zero-order valence-corrected chi connectivity index (χ0v) is 11.9. The Morgan fingerprint density at radius 3 is 2.72 bits per heavy atom. The van der Waals surface area contributed by atoms with Crippen LogP contribution >= 0.6 is 11.3 Å². The van der Waals surface area contributed by atoms with Crippen LogP contribution in [0.25, 0.3) is 10.1 Å². The number of hydrogen-bond donors (Lipinski definition) is 1. The molecule has 96 valence electrons. The number of carbonyl (C=O) groups excluding carboxylic acids is 1. The molecule has 1 aromatic carbocycles. The van der Waals surface area contributed by atoms with E-state index in [0.29, 0.717) is 5.92 Å². The molecule has 1 aromatic heterocycles. The van der Waals surface area contributed by atoms with Crippen LogP contribution in [0.2, 0.25) is 0 Å². The zero-order valence-electron chi connectivity index (χ0n) is 11.1. The number of carbonyl (C=O) groups is 1. The van der Waals surface area contributed by atoms with Crippen LogP contribution in [0.5, 0.6) is 0 Å². The summed E-state index contributed by atoms with van der Waals surface area (Å²) in [5, 5.41) is 6.21. The molecule has 0 aliphatic carbocycles. The Hall–Kier alpha value is -1.19. The van der Waals surface area contributed by atoms with E-state index in [1.807, 2.05) is 30.6 Å². The Bertz CT molecular complexity index is 544. The number of Topliss-reactive ketones (excluding diaryl/α,β-unsaturated/α-hetero) is 1. The maximum absolute atomic E-state index is 12.6. The van der Waals surface area contributed by atoms with Gasteiger partial charge in [-0.05, 0) is 19.0 Å². The van der Waals surface area contributed by atoms with Crippen molar-refractivity contribution in [3.63, 3.8) is 0 Å². The third-order valence-electron chi connectivity index (χ3n) is 3.31. The molecule has 0 saturated carbocycles. The lowest BCUT2D eigenvalue weighted by atomic mass is 9.88. The molecule has 3 heteroatoms. The molecule has 0 radical (unpaired) electrons. The Kier molecular flexibility index (Phi) is 4.15. The van der Waals surface area contributed by atoms with Crippen molar-refractivity contribution in [2.75, 3.05) is 13.6 Å². The fourth-order valence-corrected chi connectivity index (χ4v) is 3.17. The van der Waals surface area contributed by atoms with E-state index in [4.69, 9.17) is 0 Å². The molecule has 1 heterocycles. The lowest BCUT2D eigenvalue weighted by Crippen LogP contribution is -2.30. The SMILES string of the molecule is CNCC(C(=O)c1csc2ccccc12)C(C)C. The predicted octanol–water partition coefficient (Wildman–Crippen LogP) is 3.58. The highest BCUT2D eigenvalue weighted by Crippen LogP contribution is 2.29. The van der Waals surface area contributed by atoms with E-state index in [2.05, 4.69) is 25.2 Å². The predicted molar refractivity (Wildman–Crippen MR) is 78.4 cm³/mol. The quantitative estimate of drug-likeness (QED) is 0.834. The van der Waals surface area contributed by atoms with Crippen molar-refractivity contribution in [2.24, 2.45) is 11.8 Å². The molecule has 1 atom stereocenters. The van der Waals surface area contributed by atoms with Crippen molar-refractivity contribution >= 4 is 27.2 Å². The Labute approximate surface area is 112 Å². The Morgan fingerprint density at radius 1 is 1.33 bits per heavy atom. The van der Waals surface area contributed by atoms with Gasteiger partial charge in [0.2, 0.25) is 0 Å². The van der Waals surface area contributed by atoms with Crippen LogP contribution in [-0.2, 0) is 0 Å². The highest BCUT2D eigenvalue weighted by molar-refractivity contribution is 7.17. The molecule has 0 saturated heterocycles. The molecule has 0 amide bonds. The van der Waals surface area contributed by atoms with Crippen LogP contribution in [0.4, 0.5) is 0 Å². The molecule has 2 aromatic rings. The highest BCUT2D eigenvalue weighted by Gasteiger charge is 2.24. The van der Waals surface area contributed by atoms with Crippen LogP contribution in [0.15, 0.2) is 29.6 Å². The van der Waals surface area contributed by atoms with E-state index in [-0.39, 0.29) is 11.7 Å². The van der Waals surface area contributed by atoms with E-state index < -0.39 is 0 Å². The van der Waals surface area contributed by atoms with E-state index in [1.165, 1.54) is 4.70 Å². The number of thiophene rings is 1. The first kappa shape index (κ1) is 13.2. The largest absolute Gasteiger partial charge is 0.319 e. The first-order chi connectivity index (χ1) is 8.65. The van der Waals surface area contributed by atoms with Gasteiger partial charge in [0.25, 0.3) is 0 Å². The van der Waals surface area contributed by atoms with Crippen LogP contribution in [0, 0.1) is 11.8 Å². The molecule has 0 fully saturated rings. The minimum absolute atomic E-state index is 0.0491. The second kappa shape index (κ2) is 5.63. The fourth-order valence-electron chi connectivity index (χ4n) is 2.22.